The quantitative estimate of drug-likeness (QED) is 0.871. The lowest BCUT2D eigenvalue weighted by Gasteiger charge is -2.15. The largest absolute Gasteiger partial charge is 0.339 e. The van der Waals surface area contributed by atoms with Gasteiger partial charge < -0.3 is 10.2 Å². The minimum absolute atomic E-state index is 0.0749. The van der Waals surface area contributed by atoms with Gasteiger partial charge in [-0.2, -0.15) is 0 Å². The van der Waals surface area contributed by atoms with Crippen LogP contribution in [0.25, 0.3) is 0 Å². The molecule has 0 aliphatic carbocycles. The van der Waals surface area contributed by atoms with E-state index in [4.69, 9.17) is 0 Å². The summed E-state index contributed by atoms with van der Waals surface area (Å²) in [6.45, 7) is 1.70. The first-order valence-corrected chi connectivity index (χ1v) is 7.08. The van der Waals surface area contributed by atoms with Crippen LogP contribution >= 0.6 is 15.9 Å². The van der Waals surface area contributed by atoms with E-state index in [1.165, 1.54) is 0 Å². The Kier molecular flexibility index (Phi) is 4.36. The molecule has 1 aromatic carbocycles. The van der Waals surface area contributed by atoms with Crippen LogP contribution in [0.2, 0.25) is 0 Å². The van der Waals surface area contributed by atoms with E-state index in [9.17, 15) is 9.59 Å². The van der Waals surface area contributed by atoms with Crippen molar-refractivity contribution >= 4 is 33.4 Å². The molecule has 96 valence electrons. The zero-order chi connectivity index (χ0) is 13.0. The van der Waals surface area contributed by atoms with Crippen LogP contribution in [0.4, 0.5) is 5.69 Å². The second-order valence-electron chi connectivity index (χ2n) is 4.26. The van der Waals surface area contributed by atoms with Crippen LogP contribution in [0.3, 0.4) is 0 Å². The molecule has 1 N–H and O–H groups in total. The molecule has 1 aliphatic heterocycles. The number of nitrogens with one attached hydrogen (secondary N) is 1. The number of alkyl halides is 1. The molecule has 2 amide bonds. The van der Waals surface area contributed by atoms with E-state index in [1.807, 2.05) is 4.90 Å². The summed E-state index contributed by atoms with van der Waals surface area (Å²) < 4.78 is 0. The Labute approximate surface area is 114 Å². The highest BCUT2D eigenvalue weighted by atomic mass is 79.9. The van der Waals surface area contributed by atoms with Gasteiger partial charge in [-0.05, 0) is 37.1 Å². The Hall–Kier alpha value is -1.36. The first-order chi connectivity index (χ1) is 8.70. The van der Waals surface area contributed by atoms with E-state index < -0.39 is 0 Å². The van der Waals surface area contributed by atoms with Crippen molar-refractivity contribution in [2.75, 3.05) is 23.7 Å². The molecule has 0 bridgehead atoms. The van der Waals surface area contributed by atoms with Crippen LogP contribution in [0.15, 0.2) is 24.3 Å². The number of anilines is 1. The van der Waals surface area contributed by atoms with E-state index in [-0.39, 0.29) is 17.1 Å². The number of nitrogens with zero attached hydrogens (tertiary/aromatic N) is 1. The lowest BCUT2D eigenvalue weighted by atomic mass is 10.2. The number of amides is 2. The second-order valence-corrected chi connectivity index (χ2v) is 4.82. The molecule has 0 saturated carbocycles. The molecule has 0 aromatic heterocycles. The van der Waals surface area contributed by atoms with Crippen LogP contribution in [0, 0.1) is 0 Å². The molecule has 1 fully saturated rings. The highest BCUT2D eigenvalue weighted by Gasteiger charge is 2.19. The van der Waals surface area contributed by atoms with Crippen LogP contribution in [0.1, 0.15) is 23.2 Å². The fourth-order valence-corrected chi connectivity index (χ4v) is 2.13. The van der Waals surface area contributed by atoms with Gasteiger partial charge in [0.2, 0.25) is 5.91 Å². The van der Waals surface area contributed by atoms with E-state index in [0.717, 1.165) is 25.9 Å². The first kappa shape index (κ1) is 13.1. The summed E-state index contributed by atoms with van der Waals surface area (Å²) in [7, 11) is 0. The monoisotopic (exact) mass is 310 g/mol. The summed E-state index contributed by atoms with van der Waals surface area (Å²) >= 11 is 3.08. The molecule has 5 heteroatoms. The highest BCUT2D eigenvalue weighted by Crippen LogP contribution is 2.15. The van der Waals surface area contributed by atoms with Crippen molar-refractivity contribution in [2.24, 2.45) is 0 Å². The molecule has 0 unspecified atom stereocenters. The van der Waals surface area contributed by atoms with Gasteiger partial charge in [0.1, 0.15) is 0 Å². The fourth-order valence-electron chi connectivity index (χ4n) is 1.99. The lowest BCUT2D eigenvalue weighted by Crippen LogP contribution is -2.27. The first-order valence-electron chi connectivity index (χ1n) is 5.96. The fraction of sp³-hybridized carbons (Fsp3) is 0.385. The maximum Gasteiger partial charge on any atom is 0.253 e. The summed E-state index contributed by atoms with van der Waals surface area (Å²) in [5.74, 6) is -0.0283. The summed E-state index contributed by atoms with van der Waals surface area (Å²) in [6, 6.07) is 7.02. The van der Waals surface area contributed by atoms with Crippen LogP contribution in [0.5, 0.6) is 0 Å². The second kappa shape index (κ2) is 6.00. The lowest BCUT2D eigenvalue weighted by molar-refractivity contribution is -0.113. The van der Waals surface area contributed by atoms with Crippen molar-refractivity contribution in [1.82, 2.24) is 4.90 Å². The van der Waals surface area contributed by atoms with E-state index >= 15 is 0 Å². The Morgan fingerprint density at radius 1 is 1.17 bits per heavy atom. The van der Waals surface area contributed by atoms with E-state index in [2.05, 4.69) is 21.2 Å². The van der Waals surface area contributed by atoms with Crippen molar-refractivity contribution < 1.29 is 9.59 Å². The number of hydrogen-bond acceptors (Lipinski definition) is 2. The molecule has 1 aromatic rings. The number of hydrogen-bond donors (Lipinski definition) is 1. The average Bonchev–Trinajstić information content (AvgIpc) is 2.92. The average molecular weight is 311 g/mol. The number of likely N-dealkylation sites (tertiary alicyclic amines) is 1. The predicted octanol–water partition coefficient (Wildman–Crippen LogP) is 2.26. The standard InChI is InChI=1S/C13H15BrN2O2/c14-9-12(17)15-11-5-3-10(4-6-11)13(18)16-7-1-2-8-16/h3-6H,1-2,7-9H2,(H,15,17). The minimum atomic E-state index is -0.103. The Morgan fingerprint density at radius 2 is 1.78 bits per heavy atom. The number of carbonyl (C=O) groups excluding carboxylic acids is 2. The smallest absolute Gasteiger partial charge is 0.253 e. The number of carbonyl (C=O) groups is 2. The molecule has 4 nitrogen and oxygen atoms in total. The zero-order valence-corrected chi connectivity index (χ0v) is 11.6. The van der Waals surface area contributed by atoms with E-state index in [0.29, 0.717) is 11.3 Å². The third kappa shape index (κ3) is 3.10. The van der Waals surface area contributed by atoms with Gasteiger partial charge in [0, 0.05) is 24.3 Å². The summed E-state index contributed by atoms with van der Waals surface area (Å²) in [4.78, 5) is 25.1. The predicted molar refractivity (Wildman–Crippen MR) is 74.0 cm³/mol. The number of halogens is 1. The normalized spacial score (nSPS) is 14.6. The van der Waals surface area contributed by atoms with Gasteiger partial charge in [-0.3, -0.25) is 9.59 Å². The summed E-state index contributed by atoms with van der Waals surface area (Å²) in [5, 5.41) is 2.98. The number of rotatable bonds is 3. The molecule has 18 heavy (non-hydrogen) atoms. The van der Waals surface area contributed by atoms with Crippen molar-refractivity contribution in [3.63, 3.8) is 0 Å². The SMILES string of the molecule is O=C(CBr)Nc1ccc(C(=O)N2CCCC2)cc1. The molecule has 1 aliphatic rings. The van der Waals surface area contributed by atoms with Crippen LogP contribution < -0.4 is 5.32 Å². The van der Waals surface area contributed by atoms with Crippen molar-refractivity contribution in [1.29, 1.82) is 0 Å². The van der Waals surface area contributed by atoms with Crippen LogP contribution in [-0.2, 0) is 4.79 Å². The Morgan fingerprint density at radius 3 is 2.33 bits per heavy atom. The van der Waals surface area contributed by atoms with Gasteiger partial charge in [-0.25, -0.2) is 0 Å². The van der Waals surface area contributed by atoms with Gasteiger partial charge in [-0.1, -0.05) is 15.9 Å². The number of benzene rings is 1. The minimum Gasteiger partial charge on any atom is -0.339 e. The van der Waals surface area contributed by atoms with Gasteiger partial charge in [-0.15, -0.1) is 0 Å². The maximum absolute atomic E-state index is 12.1. The molecule has 2 rings (SSSR count). The highest BCUT2D eigenvalue weighted by molar-refractivity contribution is 9.09. The summed E-state index contributed by atoms with van der Waals surface area (Å²) in [5.41, 5.74) is 1.38. The Bertz CT molecular complexity index is 439. The molecule has 0 spiro atoms. The zero-order valence-electron chi connectivity index (χ0n) is 9.99. The van der Waals surface area contributed by atoms with Gasteiger partial charge in [0.15, 0.2) is 0 Å². The topological polar surface area (TPSA) is 49.4 Å². The van der Waals surface area contributed by atoms with Gasteiger partial charge >= 0.3 is 0 Å². The molecular weight excluding hydrogens is 296 g/mol. The molecule has 1 heterocycles. The molecule has 1 saturated heterocycles. The Balaban J connectivity index is 2.02. The van der Waals surface area contributed by atoms with Crippen LogP contribution in [-0.4, -0.2) is 35.1 Å². The maximum atomic E-state index is 12.1. The molecule has 0 radical (unpaired) electrons. The van der Waals surface area contributed by atoms with Crippen molar-refractivity contribution in [3.05, 3.63) is 29.8 Å². The van der Waals surface area contributed by atoms with Crippen molar-refractivity contribution in [2.45, 2.75) is 12.8 Å². The molecule has 0 atom stereocenters. The third-order valence-corrected chi connectivity index (χ3v) is 3.44. The molecular formula is C13H15BrN2O2. The summed E-state index contributed by atoms with van der Waals surface area (Å²) in [6.07, 6.45) is 2.18. The van der Waals surface area contributed by atoms with Gasteiger partial charge in [0.25, 0.3) is 5.91 Å². The van der Waals surface area contributed by atoms with Gasteiger partial charge in [0.05, 0.1) is 5.33 Å². The van der Waals surface area contributed by atoms with E-state index in [1.54, 1.807) is 24.3 Å². The van der Waals surface area contributed by atoms with Crippen molar-refractivity contribution in [3.8, 4) is 0 Å². The third-order valence-electron chi connectivity index (χ3n) is 2.93.